The highest BCUT2D eigenvalue weighted by atomic mass is 79.9. The van der Waals surface area contributed by atoms with Crippen molar-refractivity contribution in [3.05, 3.63) is 33.8 Å². The maximum absolute atomic E-state index is 5.68. The summed E-state index contributed by atoms with van der Waals surface area (Å²) in [6.45, 7) is 6.11. The summed E-state index contributed by atoms with van der Waals surface area (Å²) in [7, 11) is 0. The van der Waals surface area contributed by atoms with Crippen LogP contribution in [0.4, 0.5) is 0 Å². The van der Waals surface area contributed by atoms with E-state index in [1.54, 1.807) is 0 Å². The van der Waals surface area contributed by atoms with E-state index in [4.69, 9.17) is 21.1 Å². The quantitative estimate of drug-likeness (QED) is 0.925. The topological polar surface area (TPSA) is 30.5 Å². The van der Waals surface area contributed by atoms with E-state index < -0.39 is 0 Å². The van der Waals surface area contributed by atoms with Crippen molar-refractivity contribution in [1.82, 2.24) is 5.32 Å². The van der Waals surface area contributed by atoms with Crippen LogP contribution in [0, 0.1) is 0 Å². The van der Waals surface area contributed by atoms with E-state index in [9.17, 15) is 0 Å². The van der Waals surface area contributed by atoms with E-state index in [0.717, 1.165) is 21.5 Å². The molecule has 2 rings (SSSR count). The SMILES string of the molecule is C=C(Cl)CNCc1cc(Br)c2c(c1)OCCO2. The first-order valence-electron chi connectivity index (χ1n) is 5.29. The molecule has 0 saturated carbocycles. The fraction of sp³-hybridized carbons (Fsp3) is 0.333. The van der Waals surface area contributed by atoms with Gasteiger partial charge in [-0.05, 0) is 33.6 Å². The molecular weight excluding hydrogens is 305 g/mol. The van der Waals surface area contributed by atoms with Crippen LogP contribution >= 0.6 is 27.5 Å². The summed E-state index contributed by atoms with van der Waals surface area (Å²) in [5.41, 5.74) is 1.11. The predicted octanol–water partition coefficient (Wildman–Crippen LogP) is 3.06. The molecule has 3 nitrogen and oxygen atoms in total. The first-order valence-corrected chi connectivity index (χ1v) is 6.46. The lowest BCUT2D eigenvalue weighted by atomic mass is 10.2. The average Bonchev–Trinajstić information content (AvgIpc) is 2.28. The Morgan fingerprint density at radius 3 is 2.94 bits per heavy atom. The second kappa shape index (κ2) is 5.76. The first-order chi connectivity index (χ1) is 8.16. The summed E-state index contributed by atoms with van der Waals surface area (Å²) >= 11 is 9.16. The van der Waals surface area contributed by atoms with Gasteiger partial charge in [0.2, 0.25) is 0 Å². The summed E-state index contributed by atoms with van der Waals surface area (Å²) in [5, 5.41) is 3.79. The molecule has 1 aromatic rings. The van der Waals surface area contributed by atoms with Gasteiger partial charge in [-0.25, -0.2) is 0 Å². The summed E-state index contributed by atoms with van der Waals surface area (Å²) in [6.07, 6.45) is 0. The van der Waals surface area contributed by atoms with Gasteiger partial charge in [-0.1, -0.05) is 18.2 Å². The van der Waals surface area contributed by atoms with E-state index in [2.05, 4.69) is 27.8 Å². The number of halogens is 2. The van der Waals surface area contributed by atoms with Crippen LogP contribution in [0.25, 0.3) is 0 Å². The fourth-order valence-electron chi connectivity index (χ4n) is 1.61. The number of hydrogen-bond acceptors (Lipinski definition) is 3. The Bertz CT molecular complexity index is 437. The first kappa shape index (κ1) is 12.7. The minimum Gasteiger partial charge on any atom is -0.486 e. The van der Waals surface area contributed by atoms with Gasteiger partial charge in [-0.3, -0.25) is 0 Å². The van der Waals surface area contributed by atoms with Crippen molar-refractivity contribution in [3.63, 3.8) is 0 Å². The van der Waals surface area contributed by atoms with Gasteiger partial charge in [0.15, 0.2) is 11.5 Å². The van der Waals surface area contributed by atoms with Gasteiger partial charge in [-0.2, -0.15) is 0 Å². The molecule has 17 heavy (non-hydrogen) atoms. The van der Waals surface area contributed by atoms with Gasteiger partial charge >= 0.3 is 0 Å². The molecule has 0 amide bonds. The third kappa shape index (κ3) is 3.37. The lowest BCUT2D eigenvalue weighted by Gasteiger charge is -2.20. The van der Waals surface area contributed by atoms with Gasteiger partial charge < -0.3 is 14.8 Å². The van der Waals surface area contributed by atoms with Gasteiger partial charge in [0.1, 0.15) is 13.2 Å². The standard InChI is InChI=1S/C12H13BrClNO2/c1-8(14)6-15-7-9-4-10(13)12-11(5-9)16-2-3-17-12/h4-5,15H,1-3,6-7H2. The summed E-state index contributed by atoms with van der Waals surface area (Å²) in [4.78, 5) is 0. The number of nitrogens with one attached hydrogen (secondary N) is 1. The monoisotopic (exact) mass is 317 g/mol. The zero-order valence-corrected chi connectivity index (χ0v) is 11.6. The number of hydrogen-bond donors (Lipinski definition) is 1. The average molecular weight is 319 g/mol. The third-order valence-electron chi connectivity index (χ3n) is 2.30. The van der Waals surface area contributed by atoms with Gasteiger partial charge in [0.05, 0.1) is 4.47 Å². The predicted molar refractivity (Wildman–Crippen MR) is 71.8 cm³/mol. The summed E-state index contributed by atoms with van der Waals surface area (Å²) in [6, 6.07) is 3.99. The highest BCUT2D eigenvalue weighted by Crippen LogP contribution is 2.38. The van der Waals surface area contributed by atoms with Crippen molar-refractivity contribution in [3.8, 4) is 11.5 Å². The van der Waals surface area contributed by atoms with Crippen molar-refractivity contribution in [2.45, 2.75) is 6.54 Å². The smallest absolute Gasteiger partial charge is 0.175 e. The number of benzene rings is 1. The largest absolute Gasteiger partial charge is 0.486 e. The molecule has 1 aliphatic heterocycles. The number of fused-ring (bicyclic) bond motifs is 1. The summed E-state index contributed by atoms with van der Waals surface area (Å²) < 4.78 is 12.0. The molecule has 0 atom stereocenters. The van der Waals surface area contributed by atoms with Gasteiger partial charge in [0, 0.05) is 18.1 Å². The van der Waals surface area contributed by atoms with Crippen molar-refractivity contribution in [1.29, 1.82) is 0 Å². The molecular formula is C12H13BrClNO2. The van der Waals surface area contributed by atoms with Crippen LogP contribution in [0.15, 0.2) is 28.2 Å². The Balaban J connectivity index is 2.08. The third-order valence-corrected chi connectivity index (χ3v) is 3.03. The Morgan fingerprint density at radius 1 is 1.41 bits per heavy atom. The molecule has 0 radical (unpaired) electrons. The molecule has 5 heteroatoms. The summed E-state index contributed by atoms with van der Waals surface area (Å²) in [5.74, 6) is 1.56. The van der Waals surface area contributed by atoms with Crippen molar-refractivity contribution in [2.24, 2.45) is 0 Å². The highest BCUT2D eigenvalue weighted by Gasteiger charge is 2.15. The fourth-order valence-corrected chi connectivity index (χ4v) is 2.31. The molecule has 0 bridgehead atoms. The van der Waals surface area contributed by atoms with E-state index in [0.29, 0.717) is 31.3 Å². The van der Waals surface area contributed by atoms with Gasteiger partial charge in [-0.15, -0.1) is 0 Å². The minimum atomic E-state index is 0.591. The van der Waals surface area contributed by atoms with Crippen LogP contribution in [0.5, 0.6) is 11.5 Å². The van der Waals surface area contributed by atoms with Crippen LogP contribution in [-0.4, -0.2) is 19.8 Å². The molecule has 0 spiro atoms. The van der Waals surface area contributed by atoms with E-state index in [-0.39, 0.29) is 0 Å². The number of ether oxygens (including phenoxy) is 2. The molecule has 0 unspecified atom stereocenters. The normalized spacial score (nSPS) is 13.5. The minimum absolute atomic E-state index is 0.591. The van der Waals surface area contributed by atoms with E-state index >= 15 is 0 Å². The lowest BCUT2D eigenvalue weighted by Crippen LogP contribution is -2.17. The molecule has 1 N–H and O–H groups in total. The molecule has 1 aliphatic rings. The Hall–Kier alpha value is -0.710. The molecule has 92 valence electrons. The van der Waals surface area contributed by atoms with E-state index in [1.165, 1.54) is 0 Å². The molecule has 0 aliphatic carbocycles. The Labute approximate surface area is 114 Å². The van der Waals surface area contributed by atoms with Crippen LogP contribution in [-0.2, 0) is 6.54 Å². The number of rotatable bonds is 4. The molecule has 0 aromatic heterocycles. The second-order valence-electron chi connectivity index (χ2n) is 3.72. The Kier molecular flexibility index (Phi) is 4.31. The van der Waals surface area contributed by atoms with Crippen molar-refractivity contribution < 1.29 is 9.47 Å². The molecule has 0 saturated heterocycles. The van der Waals surface area contributed by atoms with Crippen LogP contribution in [0.2, 0.25) is 0 Å². The maximum atomic E-state index is 5.68. The zero-order valence-electron chi connectivity index (χ0n) is 9.26. The second-order valence-corrected chi connectivity index (χ2v) is 5.11. The lowest BCUT2D eigenvalue weighted by molar-refractivity contribution is 0.170. The highest BCUT2D eigenvalue weighted by molar-refractivity contribution is 9.10. The molecule has 0 fully saturated rings. The van der Waals surface area contributed by atoms with Crippen molar-refractivity contribution in [2.75, 3.05) is 19.8 Å². The zero-order chi connectivity index (χ0) is 12.3. The van der Waals surface area contributed by atoms with Gasteiger partial charge in [0.25, 0.3) is 0 Å². The molecule has 1 aromatic carbocycles. The molecule has 1 heterocycles. The van der Waals surface area contributed by atoms with Crippen LogP contribution in [0.1, 0.15) is 5.56 Å². The van der Waals surface area contributed by atoms with Crippen LogP contribution in [0.3, 0.4) is 0 Å². The maximum Gasteiger partial charge on any atom is 0.175 e. The van der Waals surface area contributed by atoms with Crippen LogP contribution < -0.4 is 14.8 Å². The van der Waals surface area contributed by atoms with E-state index in [1.807, 2.05) is 12.1 Å². The Morgan fingerprint density at radius 2 is 2.18 bits per heavy atom. The van der Waals surface area contributed by atoms with Crippen molar-refractivity contribution >= 4 is 27.5 Å².